The van der Waals surface area contributed by atoms with E-state index < -0.39 is 14.2 Å². The lowest BCUT2D eigenvalue weighted by Crippen LogP contribution is -2.30. The van der Waals surface area contributed by atoms with Gasteiger partial charge in [0.1, 0.15) is 0 Å². The van der Waals surface area contributed by atoms with Crippen LogP contribution in [0, 0.1) is 0 Å². The number of halogens is 6. The maximum absolute atomic E-state index is 10.7. The van der Waals surface area contributed by atoms with E-state index in [0.717, 1.165) is 0 Å². The smallest absolute Gasteiger partial charge is 0.362 e. The van der Waals surface area contributed by atoms with Crippen molar-refractivity contribution in [2.75, 3.05) is 0 Å². The van der Waals surface area contributed by atoms with Gasteiger partial charge in [-0.2, -0.15) is 13.2 Å². The Morgan fingerprint density at radius 1 is 1.23 bits per heavy atom. The number of rotatable bonds is 0. The average molecular weight is 394 g/mol. The van der Waals surface area contributed by atoms with Gasteiger partial charge in [0.15, 0.2) is 8.43 Å². The van der Waals surface area contributed by atoms with Crippen LogP contribution < -0.4 is 5.73 Å². The minimum Gasteiger partial charge on any atom is -0.362 e. The van der Waals surface area contributed by atoms with E-state index in [0.29, 0.717) is 6.29 Å². The Kier molecular flexibility index (Phi) is 7.26. The van der Waals surface area contributed by atoms with E-state index in [2.05, 4.69) is 53.5 Å². The van der Waals surface area contributed by atoms with Gasteiger partial charge in [-0.25, -0.2) is 0 Å². The van der Waals surface area contributed by atoms with Crippen LogP contribution in [-0.2, 0) is 9.59 Å². The van der Waals surface area contributed by atoms with Crippen molar-refractivity contribution in [1.29, 1.82) is 0 Å². The van der Waals surface area contributed by atoms with Gasteiger partial charge in [-0.1, -0.05) is 47.8 Å². The first-order chi connectivity index (χ1) is 5.50. The van der Waals surface area contributed by atoms with Crippen LogP contribution in [-0.4, -0.2) is 20.5 Å². The van der Waals surface area contributed by atoms with Crippen LogP contribution >= 0.6 is 47.8 Å². The molecule has 0 aromatic heterocycles. The molecule has 0 aliphatic rings. The maximum Gasteiger partial charge on any atom is 0.470 e. The van der Waals surface area contributed by atoms with Gasteiger partial charge < -0.3 is 5.73 Å². The Morgan fingerprint density at radius 3 is 1.38 bits per heavy atom. The molecule has 9 heteroatoms. The summed E-state index contributed by atoms with van der Waals surface area (Å²) in [5.41, 5.74) is 3.81. The van der Waals surface area contributed by atoms with Gasteiger partial charge in [-0.15, -0.1) is 0 Å². The lowest BCUT2D eigenvalue weighted by molar-refractivity contribution is -0.169. The minimum absolute atomic E-state index is 0.688. The Bertz CT molecular complexity index is 188. The number of alkyl halides is 6. The number of aldehydes is 1. The fraction of sp³-hybridized carbons (Fsp3) is 0.500. The molecule has 0 saturated carbocycles. The van der Waals surface area contributed by atoms with Crippen LogP contribution in [0.3, 0.4) is 0 Å². The third-order valence-electron chi connectivity index (χ3n) is 0.413. The zero-order valence-corrected chi connectivity index (χ0v) is 10.5. The van der Waals surface area contributed by atoms with Crippen molar-refractivity contribution in [3.8, 4) is 0 Å². The second-order valence-corrected chi connectivity index (χ2v) is 8.47. The van der Waals surface area contributed by atoms with Crippen molar-refractivity contribution in [2.24, 2.45) is 5.73 Å². The van der Waals surface area contributed by atoms with Crippen LogP contribution in [0.1, 0.15) is 0 Å². The van der Waals surface area contributed by atoms with E-state index in [1.165, 1.54) is 0 Å². The van der Waals surface area contributed by atoms with Crippen molar-refractivity contribution in [1.82, 2.24) is 0 Å². The van der Waals surface area contributed by atoms with Crippen LogP contribution in [0.4, 0.5) is 13.2 Å². The largest absolute Gasteiger partial charge is 0.470 e. The molecule has 0 aromatic carbocycles. The quantitative estimate of drug-likeness (QED) is 0.506. The summed E-state index contributed by atoms with van der Waals surface area (Å²) in [4.78, 5) is 18.8. The van der Waals surface area contributed by atoms with E-state index in [1.807, 2.05) is 0 Å². The average Bonchev–Trinajstić information content (AvgIpc) is 1.85. The maximum atomic E-state index is 10.7. The van der Waals surface area contributed by atoms with Gasteiger partial charge in [-0.05, 0) is 0 Å². The van der Waals surface area contributed by atoms with Gasteiger partial charge in [0.25, 0.3) is 0 Å². The molecule has 0 aliphatic heterocycles. The van der Waals surface area contributed by atoms with Crippen LogP contribution in [0.2, 0.25) is 0 Å². The highest BCUT2D eigenvalue weighted by molar-refractivity contribution is 9.40. The van der Waals surface area contributed by atoms with E-state index in [9.17, 15) is 18.0 Å². The molecule has 2 N–H and O–H groups in total. The van der Waals surface area contributed by atoms with Gasteiger partial charge in [-0.3, -0.25) is 9.59 Å². The Balaban J connectivity index is 0. The third kappa shape index (κ3) is 15.2. The van der Waals surface area contributed by atoms with Gasteiger partial charge >= 0.3 is 12.1 Å². The third-order valence-corrected chi connectivity index (χ3v) is 0.974. The highest BCUT2D eigenvalue weighted by atomic mass is 80.0. The molecule has 13 heavy (non-hydrogen) atoms. The fourth-order valence-corrected chi connectivity index (χ4v) is 0. The highest BCUT2D eigenvalue weighted by Crippen LogP contribution is 2.29. The van der Waals surface area contributed by atoms with Crippen molar-refractivity contribution in [3.63, 3.8) is 0 Å². The van der Waals surface area contributed by atoms with E-state index in [-0.39, 0.29) is 0 Å². The number of carbonyl (C=O) groups excluding carboxylic acids is 2. The summed E-state index contributed by atoms with van der Waals surface area (Å²) in [6.07, 6.45) is -4.17. The number of carbonyl (C=O) groups is 2. The monoisotopic (exact) mass is 391 g/mol. The lowest BCUT2D eigenvalue weighted by atomic mass is 10.6. The second-order valence-electron chi connectivity index (χ2n) is 1.52. The lowest BCUT2D eigenvalue weighted by Gasteiger charge is -1.95. The van der Waals surface area contributed by atoms with Gasteiger partial charge in [0.2, 0.25) is 0 Å². The van der Waals surface area contributed by atoms with Crippen molar-refractivity contribution in [2.45, 2.75) is 8.32 Å². The first-order valence-corrected chi connectivity index (χ1v) is 4.78. The number of hydrogen-bond donors (Lipinski definition) is 1. The molecule has 3 nitrogen and oxygen atoms in total. The summed E-state index contributed by atoms with van der Waals surface area (Å²) in [6, 6.07) is 0. The number of nitrogens with two attached hydrogens (primary N) is 1. The number of primary amides is 1. The van der Waals surface area contributed by atoms with Gasteiger partial charge in [0.05, 0.1) is 0 Å². The molecule has 0 rings (SSSR count). The van der Waals surface area contributed by atoms with Gasteiger partial charge in [0, 0.05) is 0 Å². The molecule has 0 unspecified atom stereocenters. The number of amides is 1. The Morgan fingerprint density at radius 2 is 1.38 bits per heavy atom. The molecule has 1 amide bonds. The molecule has 0 radical (unpaired) electrons. The van der Waals surface area contributed by atoms with Crippen LogP contribution in [0.15, 0.2) is 0 Å². The van der Waals surface area contributed by atoms with Crippen molar-refractivity contribution >= 4 is 60.0 Å². The summed E-state index contributed by atoms with van der Waals surface area (Å²) in [6.45, 7) is 0. The molecule has 0 atom stereocenters. The first kappa shape index (κ1) is 15.8. The molecular formula is C4H3Br3F3NO2. The summed E-state index contributed by atoms with van der Waals surface area (Å²) >= 11 is 8.83. The highest BCUT2D eigenvalue weighted by Gasteiger charge is 2.35. The predicted octanol–water partition coefficient (Wildman–Crippen LogP) is 2.06. The molecule has 0 fully saturated rings. The first-order valence-electron chi connectivity index (χ1n) is 2.40. The predicted molar refractivity (Wildman–Crippen MR) is 50.8 cm³/mol. The second kappa shape index (κ2) is 5.97. The van der Waals surface area contributed by atoms with E-state index in [4.69, 9.17) is 4.79 Å². The van der Waals surface area contributed by atoms with Crippen molar-refractivity contribution < 1.29 is 22.8 Å². The molecule has 78 valence electrons. The van der Waals surface area contributed by atoms with E-state index in [1.54, 1.807) is 0 Å². The molecule has 0 aromatic rings. The van der Waals surface area contributed by atoms with E-state index >= 15 is 0 Å². The summed E-state index contributed by atoms with van der Waals surface area (Å²) in [5.74, 6) is -2.26. The molecule has 0 saturated heterocycles. The molecule has 0 aliphatic carbocycles. The zero-order chi connectivity index (χ0) is 11.3. The SMILES string of the molecule is NC(=O)C(F)(F)F.O=CC(Br)(Br)Br. The number of hydrogen-bond acceptors (Lipinski definition) is 2. The molecule has 0 heterocycles. The normalized spacial score (nSPS) is 11.2. The summed E-state index contributed by atoms with van der Waals surface area (Å²) in [7, 11) is 0. The van der Waals surface area contributed by atoms with Crippen LogP contribution in [0.25, 0.3) is 0 Å². The fourth-order valence-electron chi connectivity index (χ4n) is 0. The Labute approximate surface area is 96.6 Å². The zero-order valence-electron chi connectivity index (χ0n) is 5.74. The minimum atomic E-state index is -4.86. The Hall–Kier alpha value is 0.370. The molecular weight excluding hydrogens is 391 g/mol. The molecule has 0 spiro atoms. The summed E-state index contributed by atoms with van der Waals surface area (Å²) < 4.78 is 31.4. The summed E-state index contributed by atoms with van der Waals surface area (Å²) in [5, 5.41) is 0. The van der Waals surface area contributed by atoms with Crippen molar-refractivity contribution in [3.05, 3.63) is 0 Å². The standard InChI is InChI=1S/C2HBr3O.C2H2F3NO/c3-2(4,5)1-6;3-2(4,5)1(6)7/h1H;(H2,6,7). The topological polar surface area (TPSA) is 60.2 Å². The molecule has 0 bridgehead atoms. The van der Waals surface area contributed by atoms with Crippen LogP contribution in [0.5, 0.6) is 0 Å².